The molecule has 1 amide bonds. The van der Waals surface area contributed by atoms with Crippen LogP contribution in [-0.4, -0.2) is 32.3 Å². The van der Waals surface area contributed by atoms with Crippen LogP contribution in [0.5, 0.6) is 11.5 Å². The van der Waals surface area contributed by atoms with Crippen molar-refractivity contribution >= 4 is 23.2 Å². The number of fused-ring (bicyclic) bond motifs is 1. The number of hydrogen-bond acceptors (Lipinski definition) is 4. The highest BCUT2D eigenvalue weighted by atomic mass is 35.5. The van der Waals surface area contributed by atoms with Gasteiger partial charge in [0.05, 0.1) is 18.6 Å². The van der Waals surface area contributed by atoms with E-state index in [2.05, 4.69) is 5.32 Å². The van der Waals surface area contributed by atoms with Crippen molar-refractivity contribution in [2.45, 2.75) is 24.7 Å². The number of benzene rings is 2. The van der Waals surface area contributed by atoms with E-state index in [1.54, 1.807) is 0 Å². The van der Waals surface area contributed by atoms with Gasteiger partial charge in [0, 0.05) is 36.4 Å². The molecule has 0 saturated carbocycles. The Morgan fingerprint density at radius 2 is 1.74 bits per heavy atom. The number of carbonyl (C=O) groups excluding carboxylic acids is 1. The van der Waals surface area contributed by atoms with Gasteiger partial charge in [-0.15, -0.1) is 0 Å². The minimum atomic E-state index is -0.659. The standard InChI is InChI=1S/C21H22ClNO4/c22-16-4-1-3-15(13-16)21(7-11-25-12-8-21)20(24)23-17-5-6-18-19(14-17)27-10-2-9-26-18/h1,3-6,13-14H,2,7-12H2,(H,23,24). The molecule has 2 aromatic rings. The second-order valence-corrected chi connectivity index (χ2v) is 7.31. The van der Waals surface area contributed by atoms with Crippen molar-refractivity contribution in [2.24, 2.45) is 0 Å². The van der Waals surface area contributed by atoms with E-state index < -0.39 is 5.41 Å². The molecule has 0 radical (unpaired) electrons. The first kappa shape index (κ1) is 18.1. The highest BCUT2D eigenvalue weighted by molar-refractivity contribution is 6.30. The zero-order valence-electron chi connectivity index (χ0n) is 15.0. The summed E-state index contributed by atoms with van der Waals surface area (Å²) in [7, 11) is 0. The maximum atomic E-state index is 13.4. The maximum Gasteiger partial charge on any atom is 0.235 e. The fourth-order valence-electron chi connectivity index (χ4n) is 3.64. The van der Waals surface area contributed by atoms with E-state index in [1.165, 1.54) is 0 Å². The monoisotopic (exact) mass is 387 g/mol. The SMILES string of the molecule is O=C(Nc1ccc2c(c1)OCCCO2)C1(c2cccc(Cl)c2)CCOCC1. The number of carbonyl (C=O) groups is 1. The fraction of sp³-hybridized carbons (Fsp3) is 0.381. The number of rotatable bonds is 3. The summed E-state index contributed by atoms with van der Waals surface area (Å²) in [5.74, 6) is 1.32. The maximum absolute atomic E-state index is 13.4. The Balaban J connectivity index is 1.62. The van der Waals surface area contributed by atoms with Crippen LogP contribution in [0.4, 0.5) is 5.69 Å². The van der Waals surface area contributed by atoms with E-state index in [1.807, 2.05) is 42.5 Å². The summed E-state index contributed by atoms with van der Waals surface area (Å²) in [6.45, 7) is 2.33. The predicted octanol–water partition coefficient (Wildman–Crippen LogP) is 4.19. The van der Waals surface area contributed by atoms with Crippen molar-refractivity contribution in [1.82, 2.24) is 0 Å². The predicted molar refractivity (Wildman–Crippen MR) is 104 cm³/mol. The van der Waals surface area contributed by atoms with Crippen molar-refractivity contribution in [3.63, 3.8) is 0 Å². The molecule has 1 N–H and O–H groups in total. The molecule has 142 valence electrons. The molecule has 2 heterocycles. The Bertz CT molecular complexity index is 833. The number of amides is 1. The summed E-state index contributed by atoms with van der Waals surface area (Å²) in [5, 5.41) is 3.69. The molecule has 0 atom stereocenters. The minimum Gasteiger partial charge on any atom is -0.490 e. The Morgan fingerprint density at radius 1 is 0.963 bits per heavy atom. The number of nitrogens with one attached hydrogen (secondary N) is 1. The number of ether oxygens (including phenoxy) is 3. The molecule has 4 rings (SSSR count). The summed E-state index contributed by atoms with van der Waals surface area (Å²) in [4.78, 5) is 13.4. The Morgan fingerprint density at radius 3 is 2.52 bits per heavy atom. The van der Waals surface area contributed by atoms with Gasteiger partial charge in [0.1, 0.15) is 0 Å². The molecule has 0 bridgehead atoms. The van der Waals surface area contributed by atoms with E-state index in [4.69, 9.17) is 25.8 Å². The van der Waals surface area contributed by atoms with Gasteiger partial charge in [0.15, 0.2) is 11.5 Å². The largest absolute Gasteiger partial charge is 0.490 e. The fourth-order valence-corrected chi connectivity index (χ4v) is 3.83. The van der Waals surface area contributed by atoms with Gasteiger partial charge in [-0.3, -0.25) is 4.79 Å². The van der Waals surface area contributed by atoms with Crippen LogP contribution in [0, 0.1) is 0 Å². The quantitative estimate of drug-likeness (QED) is 0.858. The minimum absolute atomic E-state index is 0.0532. The van der Waals surface area contributed by atoms with Crippen molar-refractivity contribution < 1.29 is 19.0 Å². The first-order valence-electron chi connectivity index (χ1n) is 9.22. The summed E-state index contributed by atoms with van der Waals surface area (Å²) in [6.07, 6.45) is 2.07. The van der Waals surface area contributed by atoms with Crippen molar-refractivity contribution in [1.29, 1.82) is 0 Å². The molecule has 6 heteroatoms. The first-order valence-corrected chi connectivity index (χ1v) is 9.60. The Kier molecular flexibility index (Phi) is 5.23. The van der Waals surface area contributed by atoms with Gasteiger partial charge in [-0.2, -0.15) is 0 Å². The van der Waals surface area contributed by atoms with Crippen LogP contribution < -0.4 is 14.8 Å². The summed E-state index contributed by atoms with van der Waals surface area (Å²) in [5.41, 5.74) is 0.954. The van der Waals surface area contributed by atoms with Crippen molar-refractivity contribution in [3.8, 4) is 11.5 Å². The third-order valence-corrected chi connectivity index (χ3v) is 5.40. The van der Waals surface area contributed by atoms with E-state index in [0.717, 1.165) is 12.0 Å². The van der Waals surface area contributed by atoms with Crippen LogP contribution in [0.2, 0.25) is 5.02 Å². The van der Waals surface area contributed by atoms with Gasteiger partial charge in [-0.05, 0) is 42.7 Å². The highest BCUT2D eigenvalue weighted by Gasteiger charge is 2.42. The van der Waals surface area contributed by atoms with Crippen molar-refractivity contribution in [3.05, 3.63) is 53.1 Å². The smallest absolute Gasteiger partial charge is 0.235 e. The summed E-state index contributed by atoms with van der Waals surface area (Å²) in [6, 6.07) is 13.0. The topological polar surface area (TPSA) is 56.8 Å². The van der Waals surface area contributed by atoms with Gasteiger partial charge in [-0.25, -0.2) is 0 Å². The summed E-state index contributed by atoms with van der Waals surface area (Å²) < 4.78 is 16.9. The first-order chi connectivity index (χ1) is 13.2. The molecule has 0 unspecified atom stereocenters. The lowest BCUT2D eigenvalue weighted by Crippen LogP contribution is -2.44. The van der Waals surface area contributed by atoms with Crippen LogP contribution in [0.1, 0.15) is 24.8 Å². The molecule has 0 aliphatic carbocycles. The van der Waals surface area contributed by atoms with Crippen LogP contribution in [0.25, 0.3) is 0 Å². The zero-order valence-corrected chi connectivity index (χ0v) is 15.8. The number of hydrogen-bond donors (Lipinski definition) is 1. The lowest BCUT2D eigenvalue weighted by Gasteiger charge is -2.36. The average Bonchev–Trinajstić information content (AvgIpc) is 2.93. The lowest BCUT2D eigenvalue weighted by atomic mass is 9.73. The zero-order chi connectivity index (χ0) is 18.7. The second-order valence-electron chi connectivity index (χ2n) is 6.87. The molecule has 1 fully saturated rings. The highest BCUT2D eigenvalue weighted by Crippen LogP contribution is 2.38. The van der Waals surface area contributed by atoms with E-state index in [0.29, 0.717) is 61.5 Å². The molecule has 27 heavy (non-hydrogen) atoms. The normalized spacial score (nSPS) is 18.4. The van der Waals surface area contributed by atoms with E-state index in [9.17, 15) is 4.79 Å². The molecule has 0 aromatic heterocycles. The molecular weight excluding hydrogens is 366 g/mol. The lowest BCUT2D eigenvalue weighted by molar-refractivity contribution is -0.125. The second kappa shape index (κ2) is 7.79. The average molecular weight is 388 g/mol. The van der Waals surface area contributed by atoms with Crippen LogP contribution in [0.15, 0.2) is 42.5 Å². The molecule has 0 spiro atoms. The molecule has 2 aliphatic heterocycles. The van der Waals surface area contributed by atoms with Gasteiger partial charge < -0.3 is 19.5 Å². The van der Waals surface area contributed by atoms with Crippen LogP contribution in [-0.2, 0) is 14.9 Å². The Hall–Kier alpha value is -2.24. The number of halogens is 1. The van der Waals surface area contributed by atoms with Gasteiger partial charge in [0.25, 0.3) is 0 Å². The van der Waals surface area contributed by atoms with Crippen molar-refractivity contribution in [2.75, 3.05) is 31.7 Å². The summed E-state index contributed by atoms with van der Waals surface area (Å²) >= 11 is 6.19. The third-order valence-electron chi connectivity index (χ3n) is 5.16. The molecule has 5 nitrogen and oxygen atoms in total. The van der Waals surface area contributed by atoms with Crippen LogP contribution in [0.3, 0.4) is 0 Å². The molecule has 2 aromatic carbocycles. The Labute approximate surface area is 163 Å². The van der Waals surface area contributed by atoms with Gasteiger partial charge in [0.2, 0.25) is 5.91 Å². The molecule has 2 aliphatic rings. The van der Waals surface area contributed by atoms with Gasteiger partial charge in [-0.1, -0.05) is 23.7 Å². The number of anilines is 1. The van der Waals surface area contributed by atoms with Gasteiger partial charge >= 0.3 is 0 Å². The molecule has 1 saturated heterocycles. The van der Waals surface area contributed by atoms with E-state index in [-0.39, 0.29) is 5.91 Å². The third kappa shape index (κ3) is 3.75. The van der Waals surface area contributed by atoms with E-state index >= 15 is 0 Å². The molecular formula is C21H22ClNO4. The van der Waals surface area contributed by atoms with Crippen LogP contribution >= 0.6 is 11.6 Å².